The molecule has 3 aliphatic heterocycles. The third-order valence-corrected chi connectivity index (χ3v) is 25.0. The van der Waals surface area contributed by atoms with Crippen molar-refractivity contribution in [1.29, 1.82) is 0 Å². The Morgan fingerprint density at radius 2 is 0.963 bits per heavy atom. The summed E-state index contributed by atoms with van der Waals surface area (Å²) in [7, 11) is 3.59. The summed E-state index contributed by atoms with van der Waals surface area (Å²) >= 11 is 0.612. The number of aliphatic carboxylic acids is 1. The van der Waals surface area contributed by atoms with Crippen LogP contribution in [-0.2, 0) is 115 Å². The average molecular weight is 1910 g/mol. The Hall–Kier alpha value is -14.0. The molecule has 0 aliphatic carbocycles. The van der Waals surface area contributed by atoms with E-state index < -0.39 is 290 Å². The highest BCUT2D eigenvalue weighted by atomic mass is 32.2. The number of thioether (sulfide) groups is 1. The number of rotatable bonds is 22. The second-order valence-corrected chi connectivity index (χ2v) is 35.4. The fourth-order valence-electron chi connectivity index (χ4n) is 16.5. The number of aromatic nitrogens is 1. The quantitative estimate of drug-likeness (QED) is 0.0386. The van der Waals surface area contributed by atoms with E-state index in [1.165, 1.54) is 76.5 Å². The summed E-state index contributed by atoms with van der Waals surface area (Å²) < 4.78 is 45.0. The third kappa shape index (κ3) is 27.9. The number of phenolic OH excluding ortho intramolecular Hbond substituents is 2. The van der Waals surface area contributed by atoms with Gasteiger partial charge in [-0.3, -0.25) is 76.7 Å². The molecule has 10 rings (SSSR count). The minimum atomic E-state index is -2.06. The number of carboxylic acids is 1. The van der Waals surface area contributed by atoms with Gasteiger partial charge in [-0.05, 0) is 88.2 Å². The molecule has 0 bridgehead atoms. The van der Waals surface area contributed by atoms with Crippen molar-refractivity contribution in [3.8, 4) is 11.5 Å². The first-order chi connectivity index (χ1) is 64.7. The van der Waals surface area contributed by atoms with E-state index in [0.717, 1.165) is 31.5 Å². The number of nitrogens with two attached hydrogens (primary N) is 2. The van der Waals surface area contributed by atoms with Crippen LogP contribution < -0.4 is 59.3 Å². The van der Waals surface area contributed by atoms with Gasteiger partial charge in [-0.15, -0.1) is 11.8 Å². The zero-order valence-electron chi connectivity index (χ0n) is 75.6. The molecule has 0 unspecified atom stereocenters. The molecule has 15 amide bonds. The number of hydrogen-bond acceptors (Lipinski definition) is 22. The molecule has 38 nitrogen and oxygen atoms in total. The average Bonchev–Trinajstić information content (AvgIpc) is 1.49. The molecule has 7 aromatic rings. The number of aromatic hydroxyl groups is 2. The Bertz CT molecular complexity index is 5470. The van der Waals surface area contributed by atoms with Crippen LogP contribution in [0.1, 0.15) is 92.7 Å². The van der Waals surface area contributed by atoms with Gasteiger partial charge in [0, 0.05) is 115 Å². The second kappa shape index (κ2) is 48.3. The summed E-state index contributed by atoms with van der Waals surface area (Å²) in [5.41, 5.74) is 13.7. The van der Waals surface area contributed by atoms with Crippen molar-refractivity contribution in [1.82, 2.24) is 77.3 Å². The van der Waals surface area contributed by atoms with E-state index in [1.54, 1.807) is 98.0 Å². The van der Waals surface area contributed by atoms with Gasteiger partial charge in [0.2, 0.25) is 88.6 Å². The van der Waals surface area contributed by atoms with Crippen LogP contribution >= 0.6 is 11.8 Å². The molecule has 0 spiro atoms. The van der Waals surface area contributed by atoms with Gasteiger partial charge in [0.1, 0.15) is 90.0 Å². The largest absolute Gasteiger partial charge is 0.508 e. The van der Waals surface area contributed by atoms with Crippen LogP contribution in [0.2, 0.25) is 0 Å². The molecule has 42 heteroatoms. The van der Waals surface area contributed by atoms with E-state index in [0.29, 0.717) is 69.0 Å². The summed E-state index contributed by atoms with van der Waals surface area (Å²) in [6.07, 6.45) is -5.68. The molecule has 4 heterocycles. The van der Waals surface area contributed by atoms with Gasteiger partial charge < -0.3 is 114 Å². The lowest BCUT2D eigenvalue weighted by atomic mass is 9.98. The van der Waals surface area contributed by atoms with Crippen LogP contribution in [0.5, 0.6) is 11.5 Å². The number of para-hydroxylation sites is 1. The van der Waals surface area contributed by atoms with Crippen molar-refractivity contribution in [2.75, 3.05) is 58.8 Å². The lowest BCUT2D eigenvalue weighted by Gasteiger charge is -2.38. The smallest absolute Gasteiger partial charge is 0.305 e. The summed E-state index contributed by atoms with van der Waals surface area (Å²) in [4.78, 5) is 246. The standard InChI is InChI=1S/C94H114F3N17O21S/c1-7-8-23-72-93(134)114-47-60(118)41-75(114)89(130)105-67(42-79(121)122)85(126)109-81(50(2)3)94(135)111(5)73(37-51-17-11-9-12-18-51)87(128)106-69(35-54-26-30-58(116)31-27-54)91(132)113-46-59(117)40-74(113)88(129)104-66(39-56-44-100-64-22-16-15-21-61(56)64)84(125)103-65(34-53-24-28-57(115)29-25-53)83(124)107-70(43-98)86(127)108-71(82(123)101-45-77(99)119)48-136-49-78(120)102-68(36-55-32-62(95)80(97)63(96)33-55)90(131)112(6)76(92(133)110(72)4)38-52-19-13-10-14-20-52/h9-22,24-33,44,50,59-60,65-76,81,100,115-118H,7-8,23,34-43,45-49,98H2,1-6H3,(H2,99,119)(H,101,123)(H,102,120)(H,103,125)(H,104,129)(H,105,130)(H,106,128)(H,107,124)(H,108,127)(H,109,126)(H,121,122)/t59-,60-,65+,66+,67+,68+,69+,70+,71+,72+,73+,74-,75-,76+,81+/m1/s1. The molecule has 3 saturated heterocycles. The highest BCUT2D eigenvalue weighted by molar-refractivity contribution is 8.00. The SMILES string of the molecule is CCCC[C@H]1C(=O)N2C[C@H](O)C[C@@H]2C(=O)N[C@@H](CC(=O)O)C(=O)N[C@@H](C(C)C)C(=O)N(C)[C@@H](Cc2ccccc2)C(=O)N[C@@H](Cc2ccc(O)cc2)C(=O)N2C[C@H](O)C[C@@H]2C(=O)N[C@@H](Cc2c[nH]c3ccccc23)C(=O)N[C@@H](Cc2ccc(O)cc2)C(=O)N[C@@H](CN)C(=O)N[C@H](C(=O)NCC(N)=O)CSCC(=O)N[C@@H](Cc2cc(F)c(F)c(F)c2)C(=O)N(C)[C@@H](Cc2ccccc2)C(=O)N1C. The number of fused-ring (bicyclic) bond motifs is 3. The number of aliphatic hydroxyl groups excluding tert-OH is 2. The Balaban J connectivity index is 1.06. The van der Waals surface area contributed by atoms with Crippen LogP contribution in [0, 0.1) is 23.4 Å². The molecular weight excluding hydrogens is 1790 g/mol. The zero-order valence-corrected chi connectivity index (χ0v) is 76.4. The zero-order chi connectivity index (χ0) is 99.1. The van der Waals surface area contributed by atoms with Gasteiger partial charge in [-0.25, -0.2) is 13.2 Å². The maximum absolute atomic E-state index is 15.8. The minimum absolute atomic E-state index is 0.146. The highest BCUT2D eigenvalue weighted by Gasteiger charge is 2.48. The van der Waals surface area contributed by atoms with Gasteiger partial charge in [-0.1, -0.05) is 137 Å². The monoisotopic (exact) mass is 1910 g/mol. The number of likely N-dealkylation sites (N-methyl/N-ethyl adjacent to an activating group) is 3. The maximum atomic E-state index is 15.8. The first-order valence-electron chi connectivity index (χ1n) is 44.3. The summed E-state index contributed by atoms with van der Waals surface area (Å²) in [5.74, 6) is -25.7. The Kier molecular flexibility index (Phi) is 36.9. The van der Waals surface area contributed by atoms with Gasteiger partial charge >= 0.3 is 5.97 Å². The Morgan fingerprint density at radius 1 is 0.500 bits per heavy atom. The lowest BCUT2D eigenvalue weighted by molar-refractivity contribution is -0.152. The van der Waals surface area contributed by atoms with E-state index in [9.17, 15) is 63.5 Å². The first-order valence-corrected chi connectivity index (χ1v) is 45.4. The molecule has 0 radical (unpaired) electrons. The number of carboxylic acid groups (broad SMARTS) is 1. The highest BCUT2D eigenvalue weighted by Crippen LogP contribution is 2.29. The number of H-pyrrole nitrogens is 1. The van der Waals surface area contributed by atoms with Gasteiger partial charge in [0.25, 0.3) is 0 Å². The molecule has 3 aliphatic rings. The number of carbonyl (C=O) groups excluding carboxylic acids is 15. The van der Waals surface area contributed by atoms with Crippen molar-refractivity contribution in [2.45, 2.75) is 189 Å². The number of primary amides is 1. The molecule has 1 aromatic heterocycles. The lowest BCUT2D eigenvalue weighted by Crippen LogP contribution is -2.62. The van der Waals surface area contributed by atoms with Crippen LogP contribution in [0.3, 0.4) is 0 Å². The molecule has 728 valence electrons. The van der Waals surface area contributed by atoms with E-state index in [2.05, 4.69) is 52.8 Å². The molecule has 6 aromatic carbocycles. The van der Waals surface area contributed by atoms with Crippen molar-refractivity contribution < 1.29 is 115 Å². The van der Waals surface area contributed by atoms with Crippen LogP contribution in [0.25, 0.3) is 10.9 Å². The van der Waals surface area contributed by atoms with E-state index in [1.807, 2.05) is 0 Å². The summed E-state index contributed by atoms with van der Waals surface area (Å²) in [6, 6.07) is 12.5. The fourth-order valence-corrected chi connectivity index (χ4v) is 17.4. The number of hydrogen-bond donors (Lipinski definition) is 17. The molecule has 15 atom stereocenters. The molecule has 3 fully saturated rings. The number of carbonyl (C=O) groups is 16. The summed E-state index contributed by atoms with van der Waals surface area (Å²) in [6.45, 7) is 2.09. The number of halogens is 3. The molecular formula is C94H114F3N17O21S. The summed E-state index contributed by atoms with van der Waals surface area (Å²) in [5, 5.41) is 77.7. The van der Waals surface area contributed by atoms with Gasteiger partial charge in [0.15, 0.2) is 17.5 Å². The van der Waals surface area contributed by atoms with Crippen molar-refractivity contribution >= 4 is 117 Å². The normalized spacial score (nSPS) is 24.4. The van der Waals surface area contributed by atoms with Crippen LogP contribution in [0.4, 0.5) is 13.2 Å². The number of amides is 15. The van der Waals surface area contributed by atoms with E-state index >= 15 is 51.9 Å². The number of aromatic amines is 1. The number of nitrogens with one attached hydrogen (secondary N) is 10. The maximum Gasteiger partial charge on any atom is 0.305 e. The van der Waals surface area contributed by atoms with E-state index in [4.69, 9.17) is 11.5 Å². The topological polar surface area (TPSA) is 567 Å². The second-order valence-electron chi connectivity index (χ2n) is 34.3. The Labute approximate surface area is 785 Å². The van der Waals surface area contributed by atoms with Crippen molar-refractivity contribution in [2.24, 2.45) is 17.4 Å². The van der Waals surface area contributed by atoms with Gasteiger partial charge in [-0.2, -0.15) is 0 Å². The predicted octanol–water partition coefficient (Wildman–Crippen LogP) is -0.337. The van der Waals surface area contributed by atoms with Crippen LogP contribution in [-0.4, -0.2) is 299 Å². The van der Waals surface area contributed by atoms with Gasteiger partial charge in [0.05, 0.1) is 30.9 Å². The molecule has 136 heavy (non-hydrogen) atoms. The molecule has 0 saturated carbocycles. The number of unbranched alkanes of at least 4 members (excludes halogenated alkanes) is 1. The van der Waals surface area contributed by atoms with Crippen molar-refractivity contribution in [3.05, 3.63) is 203 Å². The number of phenols is 2. The molecule has 19 N–H and O–H groups in total. The van der Waals surface area contributed by atoms with Crippen molar-refractivity contribution in [3.63, 3.8) is 0 Å². The third-order valence-electron chi connectivity index (χ3n) is 24.0. The minimum Gasteiger partial charge on any atom is -0.508 e. The predicted molar refractivity (Wildman–Crippen MR) is 489 cm³/mol. The van der Waals surface area contributed by atoms with Crippen LogP contribution in [0.15, 0.2) is 152 Å². The number of benzene rings is 6. The number of aliphatic hydroxyl groups is 2. The fraction of sp³-hybridized carbons (Fsp3) is 0.426. The number of nitrogens with zero attached hydrogens (tertiary/aromatic N) is 5. The Morgan fingerprint density at radius 3 is 1.51 bits per heavy atom. The van der Waals surface area contributed by atoms with E-state index in [-0.39, 0.29) is 43.6 Å². The first kappa shape index (κ1) is 104.